The van der Waals surface area contributed by atoms with E-state index in [0.717, 1.165) is 0 Å². The summed E-state index contributed by atoms with van der Waals surface area (Å²) in [5.41, 5.74) is 0. The smallest absolute Gasteiger partial charge is 0.790 e. The SMILES string of the molecule is O=P([O-])([O-])OP(=O)([O-])[O-].[Ni+4]. The molecule has 0 rings (SSSR count). The van der Waals surface area contributed by atoms with Gasteiger partial charge in [0, 0.05) is 0 Å². The van der Waals surface area contributed by atoms with Gasteiger partial charge in [-0.25, -0.2) is 0 Å². The van der Waals surface area contributed by atoms with Gasteiger partial charge in [-0.1, -0.05) is 0 Å². The Kier molecular flexibility index (Phi) is 5.27. The minimum Gasteiger partial charge on any atom is -0.790 e. The number of hydrogen-bond donors (Lipinski definition) is 0. The van der Waals surface area contributed by atoms with Crippen LogP contribution in [0.15, 0.2) is 0 Å². The first-order valence-electron chi connectivity index (χ1n) is 1.46. The van der Waals surface area contributed by atoms with E-state index in [4.69, 9.17) is 0 Å². The zero-order valence-electron chi connectivity index (χ0n) is 4.07. The van der Waals surface area contributed by atoms with E-state index in [1.165, 1.54) is 0 Å². The second-order valence-electron chi connectivity index (χ2n) is 0.976. The first kappa shape index (κ1) is 13.4. The molecule has 0 aromatic rings. The minimum absolute atomic E-state index is 0. The van der Waals surface area contributed by atoms with Gasteiger partial charge in [0.1, 0.15) is 0 Å². The molecule has 62 valence electrons. The van der Waals surface area contributed by atoms with E-state index in [-0.39, 0.29) is 16.5 Å². The third kappa shape index (κ3) is 11.5. The predicted octanol–water partition coefficient (Wildman–Crippen LogP) is -3.34. The molecule has 0 unspecified atom stereocenters. The average Bonchev–Trinajstić information content (AvgIpc) is 1.14. The van der Waals surface area contributed by atoms with Crippen molar-refractivity contribution in [2.45, 2.75) is 0 Å². The van der Waals surface area contributed by atoms with Crippen LogP contribution in [0.3, 0.4) is 0 Å². The average molecular weight is 233 g/mol. The molecule has 0 aliphatic carbocycles. The third-order valence-electron chi connectivity index (χ3n) is 0.200. The van der Waals surface area contributed by atoms with Crippen molar-refractivity contribution < 1.29 is 49.5 Å². The molecule has 10 heteroatoms. The molecule has 0 N–H and O–H groups in total. The molecule has 0 aliphatic rings. The van der Waals surface area contributed by atoms with Crippen molar-refractivity contribution in [1.29, 1.82) is 0 Å². The quantitative estimate of drug-likeness (QED) is 0.358. The Labute approximate surface area is 65.8 Å². The fourth-order valence-corrected chi connectivity index (χ4v) is 1.10. The zero-order chi connectivity index (χ0) is 7.71. The second kappa shape index (κ2) is 3.95. The standard InChI is InChI=1S/Ni.H4O7P2/c;1-8(2,3)7-9(4,5)6/h;(H2,1,2,3)(H2,4,5,6)/q+4;/p-4. The number of hydrogen-bond acceptors (Lipinski definition) is 7. The summed E-state index contributed by atoms with van der Waals surface area (Å²) < 4.78 is 21.2. The Morgan fingerprint density at radius 1 is 0.900 bits per heavy atom. The Morgan fingerprint density at radius 3 is 1.10 bits per heavy atom. The first-order valence-corrected chi connectivity index (χ1v) is 4.38. The normalized spacial score (nSPS) is 12.4. The van der Waals surface area contributed by atoms with Crippen LogP contribution in [-0.4, -0.2) is 0 Å². The van der Waals surface area contributed by atoms with Crippen molar-refractivity contribution in [3.05, 3.63) is 0 Å². The molecule has 0 aliphatic heterocycles. The Balaban J connectivity index is 0. The maximum Gasteiger partial charge on any atom is 4.00 e. The third-order valence-corrected chi connectivity index (χ3v) is 1.80. The largest absolute Gasteiger partial charge is 4.00 e. The van der Waals surface area contributed by atoms with Crippen LogP contribution in [0, 0.1) is 0 Å². The maximum atomic E-state index is 9.32. The van der Waals surface area contributed by atoms with Gasteiger partial charge in [0.05, 0.1) is 15.6 Å². The van der Waals surface area contributed by atoms with Gasteiger partial charge in [-0.2, -0.15) is 0 Å². The van der Waals surface area contributed by atoms with Crippen LogP contribution in [0.1, 0.15) is 0 Å². The minimum atomic E-state index is -5.68. The molecule has 7 nitrogen and oxygen atoms in total. The molecule has 10 heavy (non-hydrogen) atoms. The van der Waals surface area contributed by atoms with E-state index in [2.05, 4.69) is 4.31 Å². The summed E-state index contributed by atoms with van der Waals surface area (Å²) in [6.45, 7) is 0. The van der Waals surface area contributed by atoms with Gasteiger partial charge >= 0.3 is 16.5 Å². The molecule has 0 amide bonds. The van der Waals surface area contributed by atoms with Crippen molar-refractivity contribution in [1.82, 2.24) is 0 Å². The van der Waals surface area contributed by atoms with Crippen LogP contribution >= 0.6 is 15.6 Å². The van der Waals surface area contributed by atoms with Gasteiger partial charge in [0.2, 0.25) is 0 Å². The van der Waals surface area contributed by atoms with Gasteiger partial charge in [-0.15, -0.1) is 0 Å². The van der Waals surface area contributed by atoms with Crippen LogP contribution in [-0.2, 0) is 29.9 Å². The fourth-order valence-electron chi connectivity index (χ4n) is 0.122. The van der Waals surface area contributed by atoms with Crippen molar-refractivity contribution in [3.63, 3.8) is 0 Å². The molecule has 0 saturated carbocycles. The summed E-state index contributed by atoms with van der Waals surface area (Å²) in [4.78, 5) is 37.3. The van der Waals surface area contributed by atoms with Crippen LogP contribution in [0.5, 0.6) is 0 Å². The molecule has 0 fully saturated rings. The van der Waals surface area contributed by atoms with E-state index >= 15 is 0 Å². The Morgan fingerprint density at radius 2 is 1.10 bits per heavy atom. The van der Waals surface area contributed by atoms with Crippen LogP contribution in [0.25, 0.3) is 0 Å². The van der Waals surface area contributed by atoms with Crippen LogP contribution in [0.2, 0.25) is 0 Å². The van der Waals surface area contributed by atoms with E-state index in [0.29, 0.717) is 0 Å². The van der Waals surface area contributed by atoms with Crippen molar-refractivity contribution >= 4 is 15.6 Å². The Bertz CT molecular complexity index is 152. The fraction of sp³-hybridized carbons (Fsp3) is 0. The number of rotatable bonds is 2. The Hall–Kier alpha value is 0.754. The second-order valence-corrected chi connectivity index (χ2v) is 3.42. The maximum absolute atomic E-state index is 9.32. The summed E-state index contributed by atoms with van der Waals surface area (Å²) in [6, 6.07) is 0. The van der Waals surface area contributed by atoms with E-state index in [1.807, 2.05) is 0 Å². The van der Waals surface area contributed by atoms with E-state index in [9.17, 15) is 28.7 Å². The van der Waals surface area contributed by atoms with Crippen molar-refractivity contribution in [2.24, 2.45) is 0 Å². The zero-order valence-corrected chi connectivity index (χ0v) is 6.84. The molecular weight excluding hydrogens is 233 g/mol. The molecule has 0 aromatic carbocycles. The summed E-state index contributed by atoms with van der Waals surface area (Å²) in [5.74, 6) is 0. The number of phosphoric acid groups is 2. The van der Waals surface area contributed by atoms with Crippen LogP contribution < -0.4 is 19.6 Å². The van der Waals surface area contributed by atoms with Gasteiger partial charge in [0.15, 0.2) is 0 Å². The molecule has 0 atom stereocenters. The van der Waals surface area contributed by atoms with Gasteiger partial charge < -0.3 is 33.0 Å². The van der Waals surface area contributed by atoms with E-state index < -0.39 is 15.6 Å². The van der Waals surface area contributed by atoms with Crippen molar-refractivity contribution in [2.75, 3.05) is 0 Å². The van der Waals surface area contributed by atoms with E-state index in [1.54, 1.807) is 0 Å². The summed E-state index contributed by atoms with van der Waals surface area (Å²) in [7, 11) is -11.4. The molecular formula is NiO7P2. The summed E-state index contributed by atoms with van der Waals surface area (Å²) in [6.07, 6.45) is 0. The molecule has 0 saturated heterocycles. The molecule has 0 heterocycles. The van der Waals surface area contributed by atoms with Crippen LogP contribution in [0.4, 0.5) is 0 Å². The van der Waals surface area contributed by atoms with Gasteiger partial charge in [-0.3, -0.25) is 0 Å². The molecule has 0 bridgehead atoms. The summed E-state index contributed by atoms with van der Waals surface area (Å²) in [5, 5.41) is 0. The van der Waals surface area contributed by atoms with Crippen molar-refractivity contribution in [3.8, 4) is 0 Å². The predicted molar refractivity (Wildman–Crippen MR) is 16.3 cm³/mol. The monoisotopic (exact) mass is 232 g/mol. The van der Waals surface area contributed by atoms with Gasteiger partial charge in [-0.05, 0) is 0 Å². The molecule has 0 spiro atoms. The first-order chi connectivity index (χ1) is 3.71. The topological polar surface area (TPSA) is 136 Å². The molecule has 0 radical (unpaired) electrons. The molecule has 0 aromatic heterocycles. The van der Waals surface area contributed by atoms with Gasteiger partial charge in [0.25, 0.3) is 0 Å². The summed E-state index contributed by atoms with van der Waals surface area (Å²) >= 11 is 0.